The average molecular weight is 247 g/mol. The summed E-state index contributed by atoms with van der Waals surface area (Å²) in [5.74, 6) is 0. The van der Waals surface area contributed by atoms with Gasteiger partial charge in [-0.15, -0.1) is 0 Å². The summed E-state index contributed by atoms with van der Waals surface area (Å²) in [6, 6.07) is 0. The van der Waals surface area contributed by atoms with Gasteiger partial charge in [0, 0.05) is 25.7 Å². The summed E-state index contributed by atoms with van der Waals surface area (Å²) in [6.45, 7) is 9.57. The molecule has 0 amide bonds. The number of ether oxygens (including phenoxy) is 2. The zero-order valence-corrected chi connectivity index (χ0v) is 11.9. The Morgan fingerprint density at radius 1 is 1.12 bits per heavy atom. The van der Waals surface area contributed by atoms with Crippen LogP contribution in [-0.2, 0) is 9.47 Å². The highest BCUT2D eigenvalue weighted by molar-refractivity contribution is 7.80. The SMILES string of the molecule is COC(C)(C)CCOCCC(C)(C)C(N)=S. The van der Waals surface area contributed by atoms with Crippen LogP contribution in [0.3, 0.4) is 0 Å². The van der Waals surface area contributed by atoms with Crippen molar-refractivity contribution in [1.82, 2.24) is 0 Å². The van der Waals surface area contributed by atoms with Crippen LogP contribution in [0.25, 0.3) is 0 Å². The van der Waals surface area contributed by atoms with Crippen LogP contribution in [0.4, 0.5) is 0 Å². The van der Waals surface area contributed by atoms with Gasteiger partial charge in [-0.05, 0) is 26.7 Å². The van der Waals surface area contributed by atoms with E-state index in [0.717, 1.165) is 12.8 Å². The molecule has 96 valence electrons. The summed E-state index contributed by atoms with van der Waals surface area (Å²) < 4.78 is 10.9. The van der Waals surface area contributed by atoms with Gasteiger partial charge in [-0.2, -0.15) is 0 Å². The second-order valence-corrected chi connectivity index (χ2v) is 5.76. The molecule has 0 aromatic heterocycles. The molecule has 2 N–H and O–H groups in total. The molecular weight excluding hydrogens is 222 g/mol. The maximum absolute atomic E-state index is 5.63. The lowest BCUT2D eigenvalue weighted by Crippen LogP contribution is -2.31. The lowest BCUT2D eigenvalue weighted by atomic mass is 9.90. The van der Waals surface area contributed by atoms with Crippen molar-refractivity contribution >= 4 is 17.2 Å². The van der Waals surface area contributed by atoms with E-state index in [1.807, 2.05) is 13.8 Å². The van der Waals surface area contributed by atoms with E-state index in [4.69, 9.17) is 27.4 Å². The van der Waals surface area contributed by atoms with Crippen molar-refractivity contribution < 1.29 is 9.47 Å². The van der Waals surface area contributed by atoms with Crippen molar-refractivity contribution in [3.05, 3.63) is 0 Å². The fourth-order valence-corrected chi connectivity index (χ4v) is 1.07. The minimum atomic E-state index is -0.119. The van der Waals surface area contributed by atoms with Crippen molar-refractivity contribution in [2.75, 3.05) is 20.3 Å². The molecule has 0 aromatic carbocycles. The Kier molecular flexibility index (Phi) is 6.44. The monoisotopic (exact) mass is 247 g/mol. The standard InChI is InChI=1S/C12H25NO2S/c1-11(2,10(13)16)6-8-15-9-7-12(3,4)14-5/h6-9H2,1-5H3,(H2,13,16). The number of hydrogen-bond acceptors (Lipinski definition) is 3. The van der Waals surface area contributed by atoms with Crippen LogP contribution in [0.15, 0.2) is 0 Å². The Bertz CT molecular complexity index is 227. The molecule has 0 aliphatic carbocycles. The fraction of sp³-hybridized carbons (Fsp3) is 0.917. The third kappa shape index (κ3) is 6.40. The Hall–Kier alpha value is -0.190. The van der Waals surface area contributed by atoms with E-state index in [0.29, 0.717) is 18.2 Å². The van der Waals surface area contributed by atoms with E-state index in [1.165, 1.54) is 0 Å². The number of hydrogen-bond donors (Lipinski definition) is 1. The van der Waals surface area contributed by atoms with Gasteiger partial charge in [0.2, 0.25) is 0 Å². The van der Waals surface area contributed by atoms with E-state index >= 15 is 0 Å². The molecule has 16 heavy (non-hydrogen) atoms. The topological polar surface area (TPSA) is 44.5 Å². The second-order valence-electron chi connectivity index (χ2n) is 5.32. The van der Waals surface area contributed by atoms with Crippen molar-refractivity contribution in [3.63, 3.8) is 0 Å². The van der Waals surface area contributed by atoms with Crippen LogP contribution in [0.2, 0.25) is 0 Å². The Morgan fingerprint density at radius 3 is 2.06 bits per heavy atom. The van der Waals surface area contributed by atoms with Crippen molar-refractivity contribution in [1.29, 1.82) is 0 Å². The van der Waals surface area contributed by atoms with Gasteiger partial charge in [-0.3, -0.25) is 0 Å². The van der Waals surface area contributed by atoms with Crippen LogP contribution < -0.4 is 5.73 Å². The molecule has 0 aromatic rings. The van der Waals surface area contributed by atoms with Crippen LogP contribution in [0.1, 0.15) is 40.5 Å². The first-order chi connectivity index (χ1) is 7.21. The van der Waals surface area contributed by atoms with Gasteiger partial charge in [0.15, 0.2) is 0 Å². The summed E-state index contributed by atoms with van der Waals surface area (Å²) in [5, 5.41) is 0. The molecule has 0 bridgehead atoms. The highest BCUT2D eigenvalue weighted by Gasteiger charge is 2.21. The molecule has 0 saturated heterocycles. The molecule has 0 radical (unpaired) electrons. The molecule has 0 aliphatic heterocycles. The molecule has 0 saturated carbocycles. The zero-order chi connectivity index (χ0) is 12.8. The first-order valence-corrected chi connectivity index (χ1v) is 6.05. The summed E-state index contributed by atoms with van der Waals surface area (Å²) in [5.41, 5.74) is 5.40. The van der Waals surface area contributed by atoms with E-state index in [1.54, 1.807) is 7.11 Å². The molecule has 3 nitrogen and oxygen atoms in total. The maximum atomic E-state index is 5.63. The van der Waals surface area contributed by atoms with Crippen LogP contribution in [0, 0.1) is 5.41 Å². The summed E-state index contributed by atoms with van der Waals surface area (Å²) in [7, 11) is 1.72. The van der Waals surface area contributed by atoms with Crippen LogP contribution in [0.5, 0.6) is 0 Å². The predicted octanol–water partition coefficient (Wildman–Crippen LogP) is 2.52. The maximum Gasteiger partial charge on any atom is 0.0785 e. The van der Waals surface area contributed by atoms with Crippen molar-refractivity contribution in [2.45, 2.75) is 46.1 Å². The van der Waals surface area contributed by atoms with Gasteiger partial charge in [-0.25, -0.2) is 0 Å². The molecule has 0 fully saturated rings. The Balaban J connectivity index is 3.66. The first kappa shape index (κ1) is 15.8. The summed E-state index contributed by atoms with van der Waals surface area (Å²) in [6.07, 6.45) is 1.74. The molecule has 0 spiro atoms. The average Bonchev–Trinajstić information content (AvgIpc) is 2.16. The predicted molar refractivity (Wildman–Crippen MR) is 71.7 cm³/mol. The van der Waals surface area contributed by atoms with E-state index < -0.39 is 0 Å². The number of methoxy groups -OCH3 is 1. The number of nitrogens with two attached hydrogens (primary N) is 1. The van der Waals surface area contributed by atoms with Crippen LogP contribution in [-0.4, -0.2) is 30.9 Å². The molecule has 0 rings (SSSR count). The van der Waals surface area contributed by atoms with E-state index in [9.17, 15) is 0 Å². The number of thiocarbonyl (C=S) groups is 1. The largest absolute Gasteiger partial charge is 0.393 e. The third-order valence-corrected chi connectivity index (χ3v) is 3.49. The Morgan fingerprint density at radius 2 is 1.62 bits per heavy atom. The molecule has 0 aliphatic rings. The normalized spacial score (nSPS) is 12.8. The number of rotatable bonds is 8. The summed E-state index contributed by atoms with van der Waals surface area (Å²) >= 11 is 4.99. The Labute approximate surface area is 105 Å². The van der Waals surface area contributed by atoms with Gasteiger partial charge in [0.25, 0.3) is 0 Å². The smallest absolute Gasteiger partial charge is 0.0785 e. The second kappa shape index (κ2) is 6.52. The van der Waals surface area contributed by atoms with Crippen molar-refractivity contribution in [2.24, 2.45) is 11.1 Å². The molecule has 0 heterocycles. The van der Waals surface area contributed by atoms with Gasteiger partial charge >= 0.3 is 0 Å². The molecular formula is C12H25NO2S. The lowest BCUT2D eigenvalue weighted by molar-refractivity contribution is -0.0114. The highest BCUT2D eigenvalue weighted by Crippen LogP contribution is 2.20. The summed E-state index contributed by atoms with van der Waals surface area (Å²) in [4.78, 5) is 0.549. The van der Waals surface area contributed by atoms with Gasteiger partial charge in [0.05, 0.1) is 10.6 Å². The molecule has 4 heteroatoms. The fourth-order valence-electron chi connectivity index (χ4n) is 0.973. The van der Waals surface area contributed by atoms with Crippen LogP contribution >= 0.6 is 12.2 Å². The zero-order valence-electron chi connectivity index (χ0n) is 11.1. The van der Waals surface area contributed by atoms with Gasteiger partial charge in [-0.1, -0.05) is 26.1 Å². The van der Waals surface area contributed by atoms with Crippen molar-refractivity contribution in [3.8, 4) is 0 Å². The first-order valence-electron chi connectivity index (χ1n) is 5.64. The molecule has 0 atom stereocenters. The lowest BCUT2D eigenvalue weighted by Gasteiger charge is -2.24. The quantitative estimate of drug-likeness (QED) is 0.529. The van der Waals surface area contributed by atoms with Gasteiger partial charge < -0.3 is 15.2 Å². The minimum Gasteiger partial charge on any atom is -0.393 e. The van der Waals surface area contributed by atoms with E-state index in [-0.39, 0.29) is 11.0 Å². The van der Waals surface area contributed by atoms with E-state index in [2.05, 4.69) is 13.8 Å². The minimum absolute atomic E-state index is 0.112. The van der Waals surface area contributed by atoms with Gasteiger partial charge in [0.1, 0.15) is 0 Å². The molecule has 0 unspecified atom stereocenters. The highest BCUT2D eigenvalue weighted by atomic mass is 32.1. The third-order valence-electron chi connectivity index (χ3n) is 2.94.